The van der Waals surface area contributed by atoms with E-state index in [-0.39, 0.29) is 0 Å². The summed E-state index contributed by atoms with van der Waals surface area (Å²) in [5, 5.41) is 0. The Bertz CT molecular complexity index is 307. The van der Waals surface area contributed by atoms with E-state index in [0.29, 0.717) is 5.41 Å². The Morgan fingerprint density at radius 1 is 1.13 bits per heavy atom. The summed E-state index contributed by atoms with van der Waals surface area (Å²) in [7, 11) is 1.72. The van der Waals surface area contributed by atoms with E-state index in [1.165, 1.54) is 37.7 Å². The van der Waals surface area contributed by atoms with Crippen molar-refractivity contribution in [2.45, 2.75) is 44.4 Å². The van der Waals surface area contributed by atoms with Crippen molar-refractivity contribution < 1.29 is 4.74 Å². The molecule has 82 valence electrons. The van der Waals surface area contributed by atoms with Crippen LogP contribution in [-0.4, -0.2) is 7.11 Å². The van der Waals surface area contributed by atoms with Gasteiger partial charge in [-0.3, -0.25) is 0 Å². The summed E-state index contributed by atoms with van der Waals surface area (Å²) >= 11 is 0. The van der Waals surface area contributed by atoms with Gasteiger partial charge >= 0.3 is 0 Å². The minimum absolute atomic E-state index is 0.465. The topological polar surface area (TPSA) is 9.23 Å². The summed E-state index contributed by atoms with van der Waals surface area (Å²) in [4.78, 5) is 0. The van der Waals surface area contributed by atoms with E-state index in [0.717, 1.165) is 5.75 Å². The van der Waals surface area contributed by atoms with Crippen molar-refractivity contribution in [1.82, 2.24) is 0 Å². The fourth-order valence-electron chi connectivity index (χ4n) is 2.84. The van der Waals surface area contributed by atoms with E-state index in [1.807, 2.05) is 0 Å². The first-order chi connectivity index (χ1) is 7.30. The lowest BCUT2D eigenvalue weighted by molar-refractivity contribution is 0.409. The highest BCUT2D eigenvalue weighted by atomic mass is 16.5. The van der Waals surface area contributed by atoms with E-state index >= 15 is 0 Å². The summed E-state index contributed by atoms with van der Waals surface area (Å²) in [5.41, 5.74) is 1.97. The maximum atomic E-state index is 5.20. The van der Waals surface area contributed by atoms with Gasteiger partial charge in [-0.2, -0.15) is 0 Å². The van der Waals surface area contributed by atoms with Gasteiger partial charge in [-0.15, -0.1) is 0 Å². The molecule has 0 aromatic heterocycles. The molecule has 0 amide bonds. The number of hydrogen-bond donors (Lipinski definition) is 0. The SMILES string of the molecule is CCC1(c2ccc(OC)cc2)CCCC1. The van der Waals surface area contributed by atoms with Crippen LogP contribution in [0.15, 0.2) is 24.3 Å². The van der Waals surface area contributed by atoms with Crippen LogP contribution in [0.25, 0.3) is 0 Å². The lowest BCUT2D eigenvalue weighted by Gasteiger charge is -2.28. The molecule has 0 aliphatic heterocycles. The van der Waals surface area contributed by atoms with Crippen LogP contribution in [0.1, 0.15) is 44.6 Å². The predicted octanol–water partition coefficient (Wildman–Crippen LogP) is 3.92. The third-order valence-corrected chi connectivity index (χ3v) is 3.94. The lowest BCUT2D eigenvalue weighted by Crippen LogP contribution is -2.20. The first-order valence-corrected chi connectivity index (χ1v) is 5.95. The van der Waals surface area contributed by atoms with Crippen molar-refractivity contribution in [3.63, 3.8) is 0 Å². The molecule has 0 radical (unpaired) electrons. The Hall–Kier alpha value is -0.980. The van der Waals surface area contributed by atoms with Gasteiger partial charge in [0, 0.05) is 0 Å². The van der Waals surface area contributed by atoms with Gasteiger partial charge in [-0.1, -0.05) is 31.9 Å². The van der Waals surface area contributed by atoms with Crippen molar-refractivity contribution in [3.8, 4) is 5.75 Å². The normalized spacial score (nSPS) is 19.1. The molecule has 0 unspecified atom stereocenters. The first-order valence-electron chi connectivity index (χ1n) is 5.95. The van der Waals surface area contributed by atoms with Crippen molar-refractivity contribution >= 4 is 0 Å². The minimum atomic E-state index is 0.465. The second kappa shape index (κ2) is 4.26. The fourth-order valence-corrected chi connectivity index (χ4v) is 2.84. The van der Waals surface area contributed by atoms with E-state index in [4.69, 9.17) is 4.74 Å². The Balaban J connectivity index is 2.26. The van der Waals surface area contributed by atoms with Gasteiger partial charge in [-0.25, -0.2) is 0 Å². The third-order valence-electron chi connectivity index (χ3n) is 3.94. The smallest absolute Gasteiger partial charge is 0.118 e. The lowest BCUT2D eigenvalue weighted by atomic mass is 9.77. The van der Waals surface area contributed by atoms with Crippen LogP contribution in [0.3, 0.4) is 0 Å². The second-order valence-electron chi connectivity index (χ2n) is 4.57. The molecule has 1 saturated carbocycles. The average molecular weight is 204 g/mol. The molecule has 1 fully saturated rings. The van der Waals surface area contributed by atoms with Crippen molar-refractivity contribution in [1.29, 1.82) is 0 Å². The third kappa shape index (κ3) is 1.88. The summed E-state index contributed by atoms with van der Waals surface area (Å²) in [6.45, 7) is 2.32. The second-order valence-corrected chi connectivity index (χ2v) is 4.57. The zero-order chi connectivity index (χ0) is 10.7. The summed E-state index contributed by atoms with van der Waals surface area (Å²) in [5.74, 6) is 0.961. The first kappa shape index (κ1) is 10.5. The highest BCUT2D eigenvalue weighted by molar-refractivity contribution is 5.33. The predicted molar refractivity (Wildman–Crippen MR) is 63.4 cm³/mol. The molecule has 0 bridgehead atoms. The van der Waals surface area contributed by atoms with Gasteiger partial charge in [0.15, 0.2) is 0 Å². The number of methoxy groups -OCH3 is 1. The van der Waals surface area contributed by atoms with E-state index in [1.54, 1.807) is 7.11 Å². The van der Waals surface area contributed by atoms with Gasteiger partial charge in [0.05, 0.1) is 7.11 Å². The standard InChI is InChI=1S/C14H20O/c1-3-14(10-4-5-11-14)12-6-8-13(15-2)9-7-12/h6-9H,3-5,10-11H2,1-2H3. The Morgan fingerprint density at radius 3 is 2.20 bits per heavy atom. The van der Waals surface area contributed by atoms with Gasteiger partial charge in [0.1, 0.15) is 5.75 Å². The molecule has 0 spiro atoms. The van der Waals surface area contributed by atoms with Gasteiger partial charge in [0.2, 0.25) is 0 Å². The van der Waals surface area contributed by atoms with Crippen LogP contribution in [0, 0.1) is 0 Å². The molecule has 1 nitrogen and oxygen atoms in total. The van der Waals surface area contributed by atoms with Gasteiger partial charge in [-0.05, 0) is 42.4 Å². The van der Waals surface area contributed by atoms with Crippen LogP contribution in [-0.2, 0) is 5.41 Å². The van der Waals surface area contributed by atoms with Gasteiger partial charge in [0.25, 0.3) is 0 Å². The monoisotopic (exact) mass is 204 g/mol. The van der Waals surface area contributed by atoms with Gasteiger partial charge < -0.3 is 4.74 Å². The highest BCUT2D eigenvalue weighted by Crippen LogP contribution is 2.43. The molecular formula is C14H20O. The van der Waals surface area contributed by atoms with Crippen LogP contribution in [0.4, 0.5) is 0 Å². The summed E-state index contributed by atoms with van der Waals surface area (Å²) < 4.78 is 5.20. The van der Waals surface area contributed by atoms with Crippen LogP contribution < -0.4 is 4.74 Å². The van der Waals surface area contributed by atoms with E-state index in [9.17, 15) is 0 Å². The van der Waals surface area contributed by atoms with E-state index < -0.39 is 0 Å². The Morgan fingerprint density at radius 2 is 1.73 bits per heavy atom. The van der Waals surface area contributed by atoms with Crippen LogP contribution in [0.2, 0.25) is 0 Å². The molecule has 1 aliphatic carbocycles. The number of ether oxygens (including phenoxy) is 1. The van der Waals surface area contributed by atoms with Crippen LogP contribution >= 0.6 is 0 Å². The van der Waals surface area contributed by atoms with Crippen molar-refractivity contribution in [2.24, 2.45) is 0 Å². The number of rotatable bonds is 3. The van der Waals surface area contributed by atoms with E-state index in [2.05, 4.69) is 31.2 Å². The molecule has 0 N–H and O–H groups in total. The largest absolute Gasteiger partial charge is 0.497 e. The highest BCUT2D eigenvalue weighted by Gasteiger charge is 2.33. The minimum Gasteiger partial charge on any atom is -0.497 e. The molecular weight excluding hydrogens is 184 g/mol. The van der Waals surface area contributed by atoms with Crippen molar-refractivity contribution in [2.75, 3.05) is 7.11 Å². The molecule has 1 aromatic rings. The number of hydrogen-bond acceptors (Lipinski definition) is 1. The fraction of sp³-hybridized carbons (Fsp3) is 0.571. The van der Waals surface area contributed by atoms with Crippen LogP contribution in [0.5, 0.6) is 5.75 Å². The molecule has 0 atom stereocenters. The maximum Gasteiger partial charge on any atom is 0.118 e. The Labute approximate surface area is 92.5 Å². The molecule has 2 rings (SSSR count). The zero-order valence-corrected chi connectivity index (χ0v) is 9.75. The molecule has 0 saturated heterocycles. The Kier molecular flexibility index (Phi) is 2.99. The molecule has 0 heterocycles. The summed E-state index contributed by atoms with van der Waals surface area (Å²) in [6.07, 6.45) is 6.75. The molecule has 15 heavy (non-hydrogen) atoms. The average Bonchev–Trinajstić information content (AvgIpc) is 2.79. The number of benzene rings is 1. The summed E-state index contributed by atoms with van der Waals surface area (Å²) in [6, 6.07) is 8.66. The maximum absolute atomic E-state index is 5.20. The molecule has 1 heteroatoms. The molecule has 1 aromatic carbocycles. The molecule has 1 aliphatic rings. The quantitative estimate of drug-likeness (QED) is 0.725. The zero-order valence-electron chi connectivity index (χ0n) is 9.75. The van der Waals surface area contributed by atoms with Crippen molar-refractivity contribution in [3.05, 3.63) is 29.8 Å².